The Morgan fingerprint density at radius 2 is 1.85 bits per heavy atom. The van der Waals surface area contributed by atoms with Gasteiger partial charge in [0.05, 0.1) is 12.0 Å². The van der Waals surface area contributed by atoms with Crippen LogP contribution in [0.3, 0.4) is 0 Å². The molecule has 5 heteroatoms. The van der Waals surface area contributed by atoms with Crippen LogP contribution in [0.25, 0.3) is 0 Å². The number of carbonyl (C=O) groups is 1. The van der Waals surface area contributed by atoms with Gasteiger partial charge in [0.1, 0.15) is 6.17 Å². The van der Waals surface area contributed by atoms with Crippen molar-refractivity contribution in [3.63, 3.8) is 0 Å². The number of nitrogens with one attached hydrogen (secondary N) is 2. The second kappa shape index (κ2) is 5.95. The Kier molecular flexibility index (Phi) is 3.95. The van der Waals surface area contributed by atoms with E-state index in [1.807, 2.05) is 14.1 Å². The van der Waals surface area contributed by atoms with Gasteiger partial charge in [0.15, 0.2) is 5.78 Å². The van der Waals surface area contributed by atoms with Crippen molar-refractivity contribution < 1.29 is 4.79 Å². The predicted octanol–water partition coefficient (Wildman–Crippen LogP) is 3.00. The van der Waals surface area contributed by atoms with Gasteiger partial charge in [-0.15, -0.1) is 0 Å². The van der Waals surface area contributed by atoms with Crippen LogP contribution >= 0.6 is 0 Å². The van der Waals surface area contributed by atoms with Crippen molar-refractivity contribution >= 4 is 17.2 Å². The summed E-state index contributed by atoms with van der Waals surface area (Å²) in [6.45, 7) is 6.45. The summed E-state index contributed by atoms with van der Waals surface area (Å²) in [5.74, 6) is 0.467. The Labute approximate surface area is 155 Å². The first-order valence-electron chi connectivity index (χ1n) is 9.36. The van der Waals surface area contributed by atoms with Gasteiger partial charge in [-0.05, 0) is 42.0 Å². The van der Waals surface area contributed by atoms with Gasteiger partial charge in [-0.25, -0.2) is 0 Å². The Morgan fingerprint density at radius 3 is 2.50 bits per heavy atom. The van der Waals surface area contributed by atoms with Gasteiger partial charge in [-0.1, -0.05) is 26.0 Å². The maximum Gasteiger partial charge on any atom is 0.161 e. The van der Waals surface area contributed by atoms with Crippen molar-refractivity contribution in [3.05, 3.63) is 41.0 Å². The van der Waals surface area contributed by atoms with Crippen LogP contribution in [0.4, 0.5) is 5.69 Å². The maximum absolute atomic E-state index is 13.1. The molecule has 138 valence electrons. The molecule has 0 saturated carbocycles. The summed E-state index contributed by atoms with van der Waals surface area (Å²) in [5, 5.41) is 8.11. The summed E-state index contributed by atoms with van der Waals surface area (Å²) in [5.41, 5.74) is 8.87. The third kappa shape index (κ3) is 2.75. The topological polar surface area (TPSA) is 56.7 Å². The van der Waals surface area contributed by atoms with E-state index in [1.165, 1.54) is 5.57 Å². The Bertz CT molecular complexity index is 804. The summed E-state index contributed by atoms with van der Waals surface area (Å²) >= 11 is 0. The fourth-order valence-electron chi connectivity index (χ4n) is 4.64. The Morgan fingerprint density at radius 1 is 1.15 bits per heavy atom. The van der Waals surface area contributed by atoms with Crippen LogP contribution in [0.1, 0.15) is 45.2 Å². The lowest BCUT2D eigenvalue weighted by atomic mass is 9.66. The van der Waals surface area contributed by atoms with Gasteiger partial charge >= 0.3 is 0 Å². The van der Waals surface area contributed by atoms with E-state index >= 15 is 0 Å². The first kappa shape index (κ1) is 17.3. The van der Waals surface area contributed by atoms with Crippen molar-refractivity contribution in [2.24, 2.45) is 16.4 Å². The molecule has 1 aliphatic carbocycles. The minimum atomic E-state index is -0.0698. The molecule has 3 aliphatic rings. The highest BCUT2D eigenvalue weighted by Crippen LogP contribution is 2.47. The Hall–Kier alpha value is -2.14. The molecule has 2 heterocycles. The monoisotopic (exact) mass is 352 g/mol. The van der Waals surface area contributed by atoms with Crippen LogP contribution in [0, 0.1) is 11.3 Å². The second-order valence-corrected chi connectivity index (χ2v) is 8.80. The average molecular weight is 352 g/mol. The lowest BCUT2D eigenvalue weighted by molar-refractivity contribution is -0.118. The van der Waals surface area contributed by atoms with Crippen LogP contribution in [0.15, 0.2) is 40.5 Å². The first-order chi connectivity index (χ1) is 12.3. The standard InChI is InChI=1S/C21H28N4O/c1-12-17-15-10-21(2,3)11-16(26)18(15)19(22-20(17)24-23-12)13-6-8-14(9-7-13)25(4)5/h6-9,17,19-20,22,24H,10-11H2,1-5H3. The van der Waals surface area contributed by atoms with Crippen molar-refractivity contribution in [1.82, 2.24) is 10.7 Å². The highest BCUT2D eigenvalue weighted by molar-refractivity contribution is 6.01. The van der Waals surface area contributed by atoms with Crippen LogP contribution in [0.2, 0.25) is 0 Å². The number of hydrogen-bond acceptors (Lipinski definition) is 5. The fourth-order valence-corrected chi connectivity index (χ4v) is 4.64. The van der Waals surface area contributed by atoms with Crippen molar-refractivity contribution in [3.8, 4) is 0 Å². The van der Waals surface area contributed by atoms with Crippen LogP contribution in [-0.4, -0.2) is 31.8 Å². The number of fused-ring (bicyclic) bond motifs is 2. The molecule has 5 nitrogen and oxygen atoms in total. The zero-order valence-corrected chi connectivity index (χ0v) is 16.3. The quantitative estimate of drug-likeness (QED) is 0.859. The smallest absolute Gasteiger partial charge is 0.161 e. The number of carbonyl (C=O) groups excluding carboxylic acids is 1. The van der Waals surface area contributed by atoms with E-state index in [0.717, 1.165) is 29.0 Å². The molecule has 0 bridgehead atoms. The van der Waals surface area contributed by atoms with E-state index < -0.39 is 0 Å². The van der Waals surface area contributed by atoms with E-state index in [9.17, 15) is 4.79 Å². The van der Waals surface area contributed by atoms with Crippen LogP contribution in [0.5, 0.6) is 0 Å². The molecule has 4 rings (SSSR count). The number of hydrazone groups is 1. The summed E-state index contributed by atoms with van der Waals surface area (Å²) in [4.78, 5) is 15.2. The molecule has 0 fully saturated rings. The third-order valence-electron chi connectivity index (χ3n) is 5.87. The van der Waals surface area contributed by atoms with Gasteiger partial charge < -0.3 is 4.90 Å². The average Bonchev–Trinajstić information content (AvgIpc) is 2.94. The number of hydrogen-bond donors (Lipinski definition) is 2. The number of benzene rings is 1. The molecule has 0 saturated heterocycles. The zero-order valence-electron chi connectivity index (χ0n) is 16.3. The van der Waals surface area contributed by atoms with Gasteiger partial charge in [-0.3, -0.25) is 15.5 Å². The molecular weight excluding hydrogens is 324 g/mol. The fraction of sp³-hybridized carbons (Fsp3) is 0.524. The second-order valence-electron chi connectivity index (χ2n) is 8.80. The molecule has 2 N–H and O–H groups in total. The molecule has 0 amide bonds. The summed E-state index contributed by atoms with van der Waals surface area (Å²) < 4.78 is 0. The number of rotatable bonds is 2. The molecule has 26 heavy (non-hydrogen) atoms. The highest BCUT2D eigenvalue weighted by Gasteiger charge is 2.47. The number of Topliss-reactive ketones (excluding diaryl/α,β-unsaturated/α-hetero) is 1. The summed E-state index contributed by atoms with van der Waals surface area (Å²) in [7, 11) is 4.07. The molecule has 0 spiro atoms. The predicted molar refractivity (Wildman–Crippen MR) is 105 cm³/mol. The highest BCUT2D eigenvalue weighted by atomic mass is 16.1. The molecular formula is C21H28N4O. The summed E-state index contributed by atoms with van der Waals surface area (Å²) in [6, 6.07) is 8.43. The van der Waals surface area contributed by atoms with Crippen molar-refractivity contribution in [1.29, 1.82) is 0 Å². The lowest BCUT2D eigenvalue weighted by Gasteiger charge is -2.43. The summed E-state index contributed by atoms with van der Waals surface area (Å²) in [6.07, 6.45) is 1.63. The largest absolute Gasteiger partial charge is 0.378 e. The Balaban J connectivity index is 1.79. The molecule has 3 atom stereocenters. The maximum atomic E-state index is 13.1. The molecule has 0 aromatic heterocycles. The van der Waals surface area contributed by atoms with E-state index in [4.69, 9.17) is 0 Å². The van der Waals surface area contributed by atoms with E-state index in [-0.39, 0.29) is 29.3 Å². The third-order valence-corrected chi connectivity index (χ3v) is 5.87. The molecule has 1 aromatic carbocycles. The van der Waals surface area contributed by atoms with Gasteiger partial charge in [0, 0.05) is 37.5 Å². The molecule has 0 radical (unpaired) electrons. The van der Waals surface area contributed by atoms with E-state index in [1.54, 1.807) is 0 Å². The number of nitrogens with zero attached hydrogens (tertiary/aromatic N) is 2. The normalized spacial score (nSPS) is 29.7. The van der Waals surface area contributed by atoms with Gasteiger partial charge in [0.25, 0.3) is 0 Å². The van der Waals surface area contributed by atoms with Crippen LogP contribution in [-0.2, 0) is 4.79 Å². The van der Waals surface area contributed by atoms with Crippen molar-refractivity contribution in [2.75, 3.05) is 19.0 Å². The number of ketones is 1. The number of anilines is 1. The lowest BCUT2D eigenvalue weighted by Crippen LogP contribution is -2.52. The van der Waals surface area contributed by atoms with E-state index in [0.29, 0.717) is 6.42 Å². The first-order valence-corrected chi connectivity index (χ1v) is 9.36. The minimum absolute atomic E-state index is 0.0139. The van der Waals surface area contributed by atoms with Gasteiger partial charge in [0.2, 0.25) is 0 Å². The minimum Gasteiger partial charge on any atom is -0.378 e. The van der Waals surface area contributed by atoms with Crippen LogP contribution < -0.4 is 15.6 Å². The zero-order chi connectivity index (χ0) is 18.6. The molecule has 1 aromatic rings. The molecule has 3 unspecified atom stereocenters. The SMILES string of the molecule is CC1=NNC2NC(c3ccc(N(C)C)cc3)C3=C(CC(C)(C)CC3=O)C12. The van der Waals surface area contributed by atoms with Gasteiger partial charge in [-0.2, -0.15) is 5.10 Å². The van der Waals surface area contributed by atoms with E-state index in [2.05, 4.69) is 65.8 Å². The van der Waals surface area contributed by atoms with Crippen molar-refractivity contribution in [2.45, 2.75) is 45.8 Å². The molecule has 2 aliphatic heterocycles.